The normalized spacial score (nSPS) is 17.9. The van der Waals surface area contributed by atoms with E-state index in [4.69, 9.17) is 10.5 Å². The number of carbonyl (C=O) groups is 1. The molecule has 2 N–H and O–H groups in total. The number of nitrogens with zero attached hydrogens (tertiary/aromatic N) is 2. The average molecular weight is 273 g/mol. The molecule has 3 rings (SSSR count). The van der Waals surface area contributed by atoms with Gasteiger partial charge in [0.25, 0.3) is 0 Å². The van der Waals surface area contributed by atoms with E-state index in [1.54, 1.807) is 0 Å². The van der Waals surface area contributed by atoms with Crippen molar-refractivity contribution in [1.82, 2.24) is 9.55 Å². The third-order valence-corrected chi connectivity index (χ3v) is 4.14. The Kier molecular flexibility index (Phi) is 3.01. The fourth-order valence-corrected chi connectivity index (χ4v) is 2.81. The molecule has 1 saturated carbocycles. The van der Waals surface area contributed by atoms with Gasteiger partial charge in [-0.2, -0.15) is 0 Å². The predicted molar refractivity (Wildman–Crippen MR) is 76.1 cm³/mol. The maximum absolute atomic E-state index is 12.1. The van der Waals surface area contributed by atoms with E-state index in [9.17, 15) is 4.79 Å². The summed E-state index contributed by atoms with van der Waals surface area (Å²) in [6.45, 7) is 2.35. The lowest BCUT2D eigenvalue weighted by Crippen LogP contribution is -2.54. The lowest BCUT2D eigenvalue weighted by molar-refractivity contribution is -0.148. The number of hydrogen-bond donors (Lipinski definition) is 1. The van der Waals surface area contributed by atoms with Crippen molar-refractivity contribution in [2.24, 2.45) is 11.7 Å². The smallest absolute Gasteiger partial charge is 0.327 e. The number of esters is 1. The van der Waals surface area contributed by atoms with Crippen molar-refractivity contribution in [2.45, 2.75) is 31.8 Å². The highest BCUT2D eigenvalue weighted by Gasteiger charge is 2.49. The largest absolute Gasteiger partial charge is 0.468 e. The van der Waals surface area contributed by atoms with Crippen LogP contribution < -0.4 is 5.73 Å². The fraction of sp³-hybridized carbons (Fsp3) is 0.467. The molecule has 1 fully saturated rings. The summed E-state index contributed by atoms with van der Waals surface area (Å²) >= 11 is 0. The number of benzene rings is 1. The lowest BCUT2D eigenvalue weighted by Gasteiger charge is -2.27. The highest BCUT2D eigenvalue weighted by Crippen LogP contribution is 2.40. The van der Waals surface area contributed by atoms with Crippen LogP contribution in [-0.2, 0) is 16.1 Å². The maximum Gasteiger partial charge on any atom is 0.327 e. The Morgan fingerprint density at radius 3 is 2.85 bits per heavy atom. The SMILES string of the molecule is COC(=O)C(N)(Cn1c(C)nc2ccccc21)C1CC1. The van der Waals surface area contributed by atoms with E-state index in [0.717, 1.165) is 29.7 Å². The summed E-state index contributed by atoms with van der Waals surface area (Å²) < 4.78 is 6.94. The minimum absolute atomic E-state index is 0.204. The van der Waals surface area contributed by atoms with Gasteiger partial charge >= 0.3 is 5.97 Å². The molecule has 1 heterocycles. The van der Waals surface area contributed by atoms with Crippen LogP contribution in [0.4, 0.5) is 0 Å². The first kappa shape index (κ1) is 13.1. The molecular weight excluding hydrogens is 254 g/mol. The van der Waals surface area contributed by atoms with Crippen molar-refractivity contribution >= 4 is 17.0 Å². The number of para-hydroxylation sites is 2. The van der Waals surface area contributed by atoms with Gasteiger partial charge in [-0.3, -0.25) is 0 Å². The van der Waals surface area contributed by atoms with Crippen molar-refractivity contribution in [2.75, 3.05) is 7.11 Å². The molecule has 1 unspecified atom stereocenters. The number of imidazole rings is 1. The quantitative estimate of drug-likeness (QED) is 0.859. The molecule has 1 aliphatic rings. The summed E-state index contributed by atoms with van der Waals surface area (Å²) in [5.74, 6) is 0.735. The minimum Gasteiger partial charge on any atom is -0.468 e. The fourth-order valence-electron chi connectivity index (χ4n) is 2.81. The Balaban J connectivity index is 2.03. The summed E-state index contributed by atoms with van der Waals surface area (Å²) in [6, 6.07) is 7.88. The molecule has 2 aromatic rings. The summed E-state index contributed by atoms with van der Waals surface area (Å²) in [4.78, 5) is 16.6. The van der Waals surface area contributed by atoms with Gasteiger partial charge < -0.3 is 15.0 Å². The second-order valence-corrected chi connectivity index (χ2v) is 5.54. The number of ether oxygens (including phenoxy) is 1. The summed E-state index contributed by atoms with van der Waals surface area (Å²) in [7, 11) is 1.39. The van der Waals surface area contributed by atoms with Crippen LogP contribution >= 0.6 is 0 Å². The number of aryl methyl sites for hydroxylation is 1. The zero-order valence-electron chi connectivity index (χ0n) is 11.8. The third-order valence-electron chi connectivity index (χ3n) is 4.14. The summed E-state index contributed by atoms with van der Waals surface area (Å²) in [5.41, 5.74) is 7.36. The molecule has 20 heavy (non-hydrogen) atoms. The molecule has 5 heteroatoms. The van der Waals surface area contributed by atoms with E-state index in [2.05, 4.69) is 4.98 Å². The predicted octanol–water partition coefficient (Wildman–Crippen LogP) is 1.63. The molecule has 1 aromatic heterocycles. The van der Waals surface area contributed by atoms with Crippen LogP contribution in [0, 0.1) is 12.8 Å². The summed E-state index contributed by atoms with van der Waals surface area (Å²) in [6.07, 6.45) is 1.97. The Labute approximate surface area is 117 Å². The van der Waals surface area contributed by atoms with Crippen LogP contribution in [0.25, 0.3) is 11.0 Å². The van der Waals surface area contributed by atoms with Crippen molar-refractivity contribution in [3.63, 3.8) is 0 Å². The molecule has 1 aromatic carbocycles. The van der Waals surface area contributed by atoms with Crippen LogP contribution in [0.1, 0.15) is 18.7 Å². The van der Waals surface area contributed by atoms with Crippen molar-refractivity contribution < 1.29 is 9.53 Å². The van der Waals surface area contributed by atoms with Gasteiger partial charge in [-0.05, 0) is 37.8 Å². The first-order chi connectivity index (χ1) is 9.56. The van der Waals surface area contributed by atoms with Crippen LogP contribution in [0.5, 0.6) is 0 Å². The van der Waals surface area contributed by atoms with Gasteiger partial charge in [0.05, 0.1) is 24.7 Å². The highest BCUT2D eigenvalue weighted by atomic mass is 16.5. The van der Waals surface area contributed by atoms with Crippen LogP contribution in [0.15, 0.2) is 24.3 Å². The van der Waals surface area contributed by atoms with Gasteiger partial charge in [0.15, 0.2) is 0 Å². The molecule has 5 nitrogen and oxygen atoms in total. The Hall–Kier alpha value is -1.88. The number of hydrogen-bond acceptors (Lipinski definition) is 4. The highest BCUT2D eigenvalue weighted by molar-refractivity contribution is 5.82. The van der Waals surface area contributed by atoms with E-state index in [-0.39, 0.29) is 11.9 Å². The molecular formula is C15H19N3O2. The topological polar surface area (TPSA) is 70.1 Å². The second-order valence-electron chi connectivity index (χ2n) is 5.54. The minimum atomic E-state index is -0.955. The number of nitrogens with two attached hydrogens (primary N) is 1. The van der Waals surface area contributed by atoms with Crippen LogP contribution in [-0.4, -0.2) is 28.2 Å². The first-order valence-corrected chi connectivity index (χ1v) is 6.85. The Morgan fingerprint density at radius 2 is 2.20 bits per heavy atom. The van der Waals surface area contributed by atoms with Gasteiger partial charge in [-0.1, -0.05) is 12.1 Å². The third kappa shape index (κ3) is 1.98. The zero-order chi connectivity index (χ0) is 14.3. The molecule has 0 radical (unpaired) electrons. The maximum atomic E-state index is 12.1. The molecule has 0 amide bonds. The Bertz CT molecular complexity index is 660. The molecule has 1 atom stereocenters. The van der Waals surface area contributed by atoms with Gasteiger partial charge in [-0.15, -0.1) is 0 Å². The monoisotopic (exact) mass is 273 g/mol. The van der Waals surface area contributed by atoms with Gasteiger partial charge in [0.1, 0.15) is 11.4 Å². The number of carbonyl (C=O) groups excluding carboxylic acids is 1. The van der Waals surface area contributed by atoms with Crippen molar-refractivity contribution in [3.05, 3.63) is 30.1 Å². The molecule has 1 aliphatic carbocycles. The molecule has 0 aliphatic heterocycles. The lowest BCUT2D eigenvalue weighted by atomic mass is 9.94. The van der Waals surface area contributed by atoms with Crippen molar-refractivity contribution in [1.29, 1.82) is 0 Å². The number of fused-ring (bicyclic) bond motifs is 1. The molecule has 0 bridgehead atoms. The average Bonchev–Trinajstić information content (AvgIpc) is 3.25. The standard InChI is InChI=1S/C15H19N3O2/c1-10-17-12-5-3-4-6-13(12)18(10)9-15(16,11-7-8-11)14(19)20-2/h3-6,11H,7-9,16H2,1-2H3. The van der Waals surface area contributed by atoms with E-state index in [1.807, 2.05) is 35.8 Å². The summed E-state index contributed by atoms with van der Waals surface area (Å²) in [5, 5.41) is 0. The van der Waals surface area contributed by atoms with Crippen LogP contribution in [0.3, 0.4) is 0 Å². The van der Waals surface area contributed by atoms with E-state index in [0.29, 0.717) is 6.54 Å². The van der Waals surface area contributed by atoms with E-state index < -0.39 is 5.54 Å². The van der Waals surface area contributed by atoms with Crippen LogP contribution in [0.2, 0.25) is 0 Å². The van der Waals surface area contributed by atoms with Gasteiger partial charge in [0.2, 0.25) is 0 Å². The Morgan fingerprint density at radius 1 is 1.50 bits per heavy atom. The van der Waals surface area contributed by atoms with Gasteiger partial charge in [0, 0.05) is 0 Å². The number of rotatable bonds is 4. The number of methoxy groups -OCH3 is 1. The molecule has 0 spiro atoms. The van der Waals surface area contributed by atoms with E-state index >= 15 is 0 Å². The first-order valence-electron chi connectivity index (χ1n) is 6.85. The van der Waals surface area contributed by atoms with Gasteiger partial charge in [-0.25, -0.2) is 9.78 Å². The molecule has 106 valence electrons. The van der Waals surface area contributed by atoms with E-state index in [1.165, 1.54) is 7.11 Å². The second kappa shape index (κ2) is 4.59. The zero-order valence-corrected chi connectivity index (χ0v) is 11.8. The molecule has 0 saturated heterocycles. The van der Waals surface area contributed by atoms with Crippen molar-refractivity contribution in [3.8, 4) is 0 Å². The number of aromatic nitrogens is 2.